The van der Waals surface area contributed by atoms with Gasteiger partial charge in [-0.3, -0.25) is 38.6 Å². The molecule has 0 aromatic heterocycles. The summed E-state index contributed by atoms with van der Waals surface area (Å²) in [6, 6.07) is 15.1. The zero-order valence-electron chi connectivity index (χ0n) is 55.2. The van der Waals surface area contributed by atoms with E-state index in [1.54, 1.807) is 12.1 Å². The molecule has 470 valence electrons. The van der Waals surface area contributed by atoms with Crippen LogP contribution in [-0.4, -0.2) is 71.7 Å². The number of amides is 4. The number of benzene rings is 23. The summed E-state index contributed by atoms with van der Waals surface area (Å²) < 4.78 is 14.1. The molecule has 1 saturated carbocycles. The molecule has 4 amide bonds. The van der Waals surface area contributed by atoms with Crippen molar-refractivity contribution in [3.8, 4) is 0 Å². The van der Waals surface area contributed by atoms with Crippen molar-refractivity contribution in [2.45, 2.75) is 43.9 Å². The van der Waals surface area contributed by atoms with E-state index in [1.165, 1.54) is 301 Å². The molecule has 0 radical (unpaired) electrons. The molecule has 10 heteroatoms. The standard InChI is InChI=1S/C96H28N2O8/c1-3-5-6-15-97-88(99)22-11-7-18-20-9-13-24-29-25(14-10-21(27(20)29)19-8-12-23(89(97)100)28(22)26(18)19)91(102)98(90(24)101)16-17-106-93(104)96(92(103)105-4-2)94-84-76-68-58-48-40-32-30-31-34-38-36(32)44-52-46(38)56-50-42(34)43-35(31)39-37-33(30)41(40)49-55-45(37)53-47(39)57-51(43)61-60(50)70-64(56)74-66(52)72(62(68)54(44)48)80(84)82(74)86-78(70)79-71(61)65(57)75-67(53)73-63(55)69(59(49)58)77(76)85(94)81(73)83(75)87(79)95(86,94)96/h7-14H,3-6,15-17H2,1-2H3. The van der Waals surface area contributed by atoms with E-state index < -0.39 is 40.0 Å². The van der Waals surface area contributed by atoms with Crippen molar-refractivity contribution in [1.29, 1.82) is 0 Å². The topological polar surface area (TPSA) is 127 Å². The minimum Gasteiger partial charge on any atom is -0.465 e. The van der Waals surface area contributed by atoms with Gasteiger partial charge in [0.25, 0.3) is 23.6 Å². The Morgan fingerprint density at radius 1 is 0.264 bits per heavy atom. The van der Waals surface area contributed by atoms with E-state index in [-0.39, 0.29) is 31.6 Å². The molecule has 2 heterocycles. The second-order valence-electron chi connectivity index (χ2n) is 35.2. The highest BCUT2D eigenvalue weighted by Gasteiger charge is 3.01. The zero-order valence-corrected chi connectivity index (χ0v) is 55.2. The molecule has 0 unspecified atom stereocenters. The fraction of sp³-hybridized carbons (Fsp3) is 0.125. The second kappa shape index (κ2) is 11.6. The maximum absolute atomic E-state index is 18.0. The molecular weight excluding hydrogens is 1310 g/mol. The molecule has 33 aromatic rings. The lowest BCUT2D eigenvalue weighted by atomic mass is 9.68. The molecule has 1 fully saturated rings. The van der Waals surface area contributed by atoms with Gasteiger partial charge in [0.15, 0.2) is 5.41 Å². The summed E-state index contributed by atoms with van der Waals surface area (Å²) >= 11 is 0. The predicted octanol–water partition coefficient (Wildman–Crippen LogP) is 21.5. The lowest BCUT2D eigenvalue weighted by Gasteiger charge is -2.32. The summed E-state index contributed by atoms with van der Waals surface area (Å²) in [6.45, 7) is 3.77. The van der Waals surface area contributed by atoms with Gasteiger partial charge >= 0.3 is 11.9 Å². The molecule has 33 aromatic carbocycles. The molecule has 10 nitrogen and oxygen atoms in total. The maximum Gasteiger partial charge on any atom is 0.326 e. The molecule has 0 saturated heterocycles. The predicted molar refractivity (Wildman–Crippen MR) is 422 cm³/mol. The molecule has 2 aliphatic heterocycles. The fourth-order valence-corrected chi connectivity index (χ4v) is 32.1. The lowest BCUT2D eigenvalue weighted by molar-refractivity contribution is -0.166. The van der Waals surface area contributed by atoms with Crippen molar-refractivity contribution < 1.29 is 38.2 Å². The van der Waals surface area contributed by atoms with Crippen LogP contribution in [0.5, 0.6) is 0 Å². The van der Waals surface area contributed by atoms with Crippen molar-refractivity contribution in [2.75, 3.05) is 26.3 Å². The van der Waals surface area contributed by atoms with Crippen LogP contribution in [0.15, 0.2) is 48.5 Å². The molecule has 106 heavy (non-hydrogen) atoms. The number of hydrogen-bond donors (Lipinski definition) is 0. The van der Waals surface area contributed by atoms with Crippen LogP contribution in [0, 0.1) is 5.41 Å². The van der Waals surface area contributed by atoms with E-state index in [2.05, 4.69) is 6.92 Å². The van der Waals surface area contributed by atoms with Crippen LogP contribution in [0.2, 0.25) is 0 Å². The summed E-state index contributed by atoms with van der Waals surface area (Å²) in [5.41, 5.74) is 1.63. The van der Waals surface area contributed by atoms with Gasteiger partial charge in [0.1, 0.15) is 6.61 Å². The summed E-state index contributed by atoms with van der Waals surface area (Å²) in [4.78, 5) is 98.0. The Balaban J connectivity index is 0.627. The summed E-state index contributed by atoms with van der Waals surface area (Å²) in [6.07, 6.45) is 2.61. The van der Waals surface area contributed by atoms with Crippen molar-refractivity contribution in [2.24, 2.45) is 5.41 Å². The monoisotopic (exact) mass is 1340 g/mol. The number of imide groups is 2. The first-order valence-electron chi connectivity index (χ1n) is 38.3. The summed E-state index contributed by atoms with van der Waals surface area (Å²) in [5.74, 6) is -2.78. The van der Waals surface area contributed by atoms with Crippen molar-refractivity contribution in [3.63, 3.8) is 0 Å². The van der Waals surface area contributed by atoms with Gasteiger partial charge in [0.05, 0.1) is 24.0 Å². The summed E-state index contributed by atoms with van der Waals surface area (Å²) in [5, 5.41) is 81.6. The number of ether oxygens (including phenoxy) is 2. The smallest absolute Gasteiger partial charge is 0.326 e. The SMILES string of the molecule is CCCCCN1C(=O)c2ccc3c4ccc5c6c(ccc(c7ccc(c2c37)C1=O)c64)C(=O)N(CCOC(=O)C1(C(=O)OCC)C23c4c6c7c8c9c%10c(c%11c%12c2c2c4c4c%13c6c6c7c7c9c9c%14c%10c%10c%11c%11c%12c%12c2c2c4c4c%13c%13c6c6c7c9c7c9c%14c%10c%10c%11c%11c%12c2c2c4c4c%13c6c7c6c9c%10c%11c2c46)C813)C5=O. The molecule has 0 bridgehead atoms. The van der Waals surface area contributed by atoms with Crippen LogP contribution in [0.3, 0.4) is 0 Å². The van der Waals surface area contributed by atoms with E-state index >= 15 is 19.2 Å². The Morgan fingerprint density at radius 3 is 0.708 bits per heavy atom. The van der Waals surface area contributed by atoms with Gasteiger partial charge in [-0.15, -0.1) is 0 Å². The van der Waals surface area contributed by atoms with Gasteiger partial charge < -0.3 is 9.47 Å². The Morgan fingerprint density at radius 2 is 0.481 bits per heavy atom. The van der Waals surface area contributed by atoms with Crippen molar-refractivity contribution >= 4 is 370 Å². The Bertz CT molecular complexity index is 9410. The fourth-order valence-electron chi connectivity index (χ4n) is 32.1. The van der Waals surface area contributed by atoms with Crippen LogP contribution >= 0.6 is 0 Å². The average molecular weight is 1340 g/mol. The van der Waals surface area contributed by atoms with Crippen LogP contribution in [-0.2, 0) is 29.9 Å². The number of carbonyl (C=O) groups excluding carboxylic acids is 6. The lowest BCUT2D eigenvalue weighted by Crippen LogP contribution is -2.44. The third-order valence-corrected chi connectivity index (χ3v) is 33.6. The van der Waals surface area contributed by atoms with E-state index in [0.717, 1.165) is 73.8 Å². The van der Waals surface area contributed by atoms with E-state index in [1.807, 2.05) is 43.3 Å². The van der Waals surface area contributed by atoms with Gasteiger partial charge in [-0.25, -0.2) is 0 Å². The average Bonchev–Trinajstić information content (AvgIpc) is 1.35. The van der Waals surface area contributed by atoms with Gasteiger partial charge in [0.2, 0.25) is 0 Å². The minimum absolute atomic E-state index is 0.0458. The first-order valence-corrected chi connectivity index (χ1v) is 38.3. The Hall–Kier alpha value is -12.9. The highest BCUT2D eigenvalue weighted by molar-refractivity contribution is 6.83. The summed E-state index contributed by atoms with van der Waals surface area (Å²) in [7, 11) is 0. The van der Waals surface area contributed by atoms with Gasteiger partial charge in [-0.1, -0.05) is 44.0 Å². The van der Waals surface area contributed by atoms with Crippen LogP contribution < -0.4 is 0 Å². The first-order chi connectivity index (χ1) is 52.3. The molecular formula is C96H28N2O8. The third kappa shape index (κ3) is 2.93. The number of esters is 2. The van der Waals surface area contributed by atoms with E-state index in [9.17, 15) is 9.59 Å². The van der Waals surface area contributed by atoms with Crippen LogP contribution in [0.4, 0.5) is 0 Å². The quantitative estimate of drug-likeness (QED) is 0.0331. The highest BCUT2D eigenvalue weighted by atomic mass is 16.6. The van der Waals surface area contributed by atoms with Gasteiger partial charge in [0, 0.05) is 39.6 Å². The highest BCUT2D eigenvalue weighted by Crippen LogP contribution is 2.97. The van der Waals surface area contributed by atoms with Gasteiger partial charge in [-0.2, -0.15) is 0 Å². The molecule has 2 spiro atoms. The molecule has 7 aliphatic rings. The van der Waals surface area contributed by atoms with E-state index in [0.29, 0.717) is 39.6 Å². The number of rotatable bonds is 10. The number of carbonyl (C=O) groups is 6. The number of hydrogen-bond acceptors (Lipinski definition) is 8. The largest absolute Gasteiger partial charge is 0.465 e. The van der Waals surface area contributed by atoms with Crippen molar-refractivity contribution in [1.82, 2.24) is 9.80 Å². The van der Waals surface area contributed by atoms with Crippen LogP contribution in [0.25, 0.3) is 334 Å². The first kappa shape index (κ1) is 45.9. The third-order valence-electron chi connectivity index (χ3n) is 33.6. The van der Waals surface area contributed by atoms with Crippen LogP contribution in [0.1, 0.15) is 96.8 Å². The molecule has 5 aliphatic carbocycles. The molecule has 0 atom stereocenters. The number of fused-ring (bicyclic) bond motifs is 2. The second-order valence-corrected chi connectivity index (χ2v) is 35.2. The maximum atomic E-state index is 18.0. The molecule has 0 N–H and O–H groups in total. The normalized spacial score (nSPS) is 21.4. The van der Waals surface area contributed by atoms with Gasteiger partial charge in [-0.05, 0) is 383 Å². The minimum atomic E-state index is -2.00. The Kier molecular flexibility index (Phi) is 5.05. The number of unbranched alkanes of at least 4 members (excludes halogenated alkanes) is 2. The zero-order chi connectivity index (χ0) is 66.6. The van der Waals surface area contributed by atoms with Crippen molar-refractivity contribution in [3.05, 3.63) is 93.0 Å². The number of nitrogens with zero attached hydrogens (tertiary/aromatic N) is 2. The van der Waals surface area contributed by atoms with E-state index in [4.69, 9.17) is 9.47 Å². The Labute approximate surface area is 582 Å². The molecule has 40 rings (SSSR count).